The number of aromatic nitrogens is 1. The molecule has 0 radical (unpaired) electrons. The monoisotopic (exact) mass is 219 g/mol. The number of nitrogens with one attached hydrogen (secondary N) is 2. The Morgan fingerprint density at radius 2 is 2.38 bits per heavy atom. The number of pyridine rings is 1. The number of aldehydes is 1. The van der Waals surface area contributed by atoms with Crippen molar-refractivity contribution in [1.82, 2.24) is 10.3 Å². The van der Waals surface area contributed by atoms with Gasteiger partial charge in [0.25, 0.3) is 5.56 Å². The number of carbonyl (C=O) groups is 2. The highest BCUT2D eigenvalue weighted by Gasteiger charge is 2.03. The van der Waals surface area contributed by atoms with Gasteiger partial charge < -0.3 is 16.0 Å². The van der Waals surface area contributed by atoms with Crippen molar-refractivity contribution in [3.8, 4) is 11.8 Å². The maximum atomic E-state index is 11.2. The molecule has 1 heterocycles. The third-order valence-electron chi connectivity index (χ3n) is 1.61. The van der Waals surface area contributed by atoms with E-state index in [1.165, 1.54) is 12.3 Å². The first kappa shape index (κ1) is 11.5. The lowest BCUT2D eigenvalue weighted by Gasteiger charge is -2.01. The summed E-state index contributed by atoms with van der Waals surface area (Å²) in [7, 11) is 0. The Labute approximate surface area is 90.8 Å². The Balaban J connectivity index is 2.88. The zero-order valence-electron chi connectivity index (χ0n) is 8.19. The predicted molar refractivity (Wildman–Crippen MR) is 56.5 cm³/mol. The van der Waals surface area contributed by atoms with Crippen LogP contribution in [0.2, 0.25) is 0 Å². The molecule has 0 aliphatic heterocycles. The normalized spacial score (nSPS) is 10.8. The number of urea groups is 1. The van der Waals surface area contributed by atoms with Crippen LogP contribution in [0.5, 0.6) is 0 Å². The van der Waals surface area contributed by atoms with E-state index in [-0.39, 0.29) is 11.1 Å². The van der Waals surface area contributed by atoms with E-state index in [1.807, 2.05) is 0 Å². The molecule has 6 heteroatoms. The van der Waals surface area contributed by atoms with Crippen molar-refractivity contribution in [2.75, 3.05) is 0 Å². The molecule has 16 heavy (non-hydrogen) atoms. The van der Waals surface area contributed by atoms with Crippen LogP contribution in [0.1, 0.15) is 5.56 Å². The van der Waals surface area contributed by atoms with E-state index in [0.717, 1.165) is 0 Å². The fourth-order valence-corrected chi connectivity index (χ4v) is 0.933. The maximum Gasteiger partial charge on any atom is 0.313 e. The molecule has 0 aromatic carbocycles. The predicted octanol–water partition coefficient (Wildman–Crippen LogP) is -1.04. The smallest absolute Gasteiger partial charge is 0.313 e. The quantitative estimate of drug-likeness (QED) is 0.437. The first-order valence-corrected chi connectivity index (χ1v) is 4.34. The van der Waals surface area contributed by atoms with Gasteiger partial charge in [0.1, 0.15) is 6.04 Å². The van der Waals surface area contributed by atoms with Gasteiger partial charge in [-0.05, 0) is 12.1 Å². The summed E-state index contributed by atoms with van der Waals surface area (Å²) >= 11 is 0. The molecule has 1 aromatic rings. The molecule has 0 bridgehead atoms. The average Bonchev–Trinajstić information content (AvgIpc) is 2.25. The maximum absolute atomic E-state index is 11.2. The molecule has 0 saturated heterocycles. The highest BCUT2D eigenvalue weighted by Crippen LogP contribution is 1.85. The molecule has 1 aromatic heterocycles. The van der Waals surface area contributed by atoms with E-state index >= 15 is 0 Å². The minimum Gasteiger partial charge on any atom is -0.352 e. The zero-order valence-corrected chi connectivity index (χ0v) is 8.19. The lowest BCUT2D eigenvalue weighted by Crippen LogP contribution is -2.38. The molecule has 1 atom stereocenters. The van der Waals surface area contributed by atoms with Crippen LogP contribution in [-0.2, 0) is 4.79 Å². The van der Waals surface area contributed by atoms with E-state index in [2.05, 4.69) is 22.1 Å². The standard InChI is InChI=1S/C10H9N3O3/c11-10(16)13-8(6-14)4-3-7-2-1-5-12-9(7)15/h1-2,5-6,8H,(H,12,15)(H3,11,13,16)/t8-/m0/s1. The van der Waals surface area contributed by atoms with Gasteiger partial charge in [0.2, 0.25) is 0 Å². The van der Waals surface area contributed by atoms with Crippen LogP contribution in [0.15, 0.2) is 23.1 Å². The van der Waals surface area contributed by atoms with Gasteiger partial charge in [0.05, 0.1) is 5.56 Å². The molecule has 6 nitrogen and oxygen atoms in total. The van der Waals surface area contributed by atoms with Crippen LogP contribution in [0.3, 0.4) is 0 Å². The van der Waals surface area contributed by atoms with E-state index in [1.54, 1.807) is 6.07 Å². The van der Waals surface area contributed by atoms with Gasteiger partial charge in [-0.1, -0.05) is 11.8 Å². The highest BCUT2D eigenvalue weighted by molar-refractivity contribution is 5.78. The number of hydrogen-bond donors (Lipinski definition) is 3. The van der Waals surface area contributed by atoms with Gasteiger partial charge in [-0.3, -0.25) is 9.59 Å². The molecule has 0 aliphatic rings. The first-order chi connectivity index (χ1) is 7.63. The van der Waals surface area contributed by atoms with Gasteiger partial charge in [-0.15, -0.1) is 0 Å². The van der Waals surface area contributed by atoms with Crippen LogP contribution >= 0.6 is 0 Å². The molecule has 0 fully saturated rings. The number of primary amides is 1. The zero-order chi connectivity index (χ0) is 12.0. The van der Waals surface area contributed by atoms with E-state index in [4.69, 9.17) is 5.73 Å². The molecule has 4 N–H and O–H groups in total. The van der Waals surface area contributed by atoms with Crippen LogP contribution in [-0.4, -0.2) is 23.3 Å². The number of amides is 2. The fraction of sp³-hybridized carbons (Fsp3) is 0.100. The van der Waals surface area contributed by atoms with Crippen LogP contribution in [0, 0.1) is 11.8 Å². The Kier molecular flexibility index (Phi) is 3.86. The Bertz CT molecular complexity index is 510. The molecule has 2 amide bonds. The second kappa shape index (κ2) is 5.36. The first-order valence-electron chi connectivity index (χ1n) is 4.34. The van der Waals surface area contributed by atoms with Crippen LogP contribution in [0.25, 0.3) is 0 Å². The molecule has 0 saturated carbocycles. The van der Waals surface area contributed by atoms with Crippen molar-refractivity contribution in [3.63, 3.8) is 0 Å². The minimum atomic E-state index is -1.02. The molecule has 82 valence electrons. The average molecular weight is 219 g/mol. The Morgan fingerprint density at radius 3 is 2.94 bits per heavy atom. The second-order valence-electron chi connectivity index (χ2n) is 2.80. The minimum absolute atomic E-state index is 0.209. The largest absolute Gasteiger partial charge is 0.352 e. The summed E-state index contributed by atoms with van der Waals surface area (Å²) < 4.78 is 0. The van der Waals surface area contributed by atoms with Gasteiger partial charge in [0.15, 0.2) is 6.29 Å². The SMILES string of the molecule is NC(=O)N[C@@H](C#Cc1ccc[nH]c1=O)C=O. The van der Waals surface area contributed by atoms with Gasteiger partial charge in [0, 0.05) is 6.20 Å². The number of rotatable bonds is 2. The van der Waals surface area contributed by atoms with E-state index in [9.17, 15) is 14.4 Å². The number of aromatic amines is 1. The third kappa shape index (κ3) is 3.31. The molecular formula is C10H9N3O3. The molecular weight excluding hydrogens is 210 g/mol. The van der Waals surface area contributed by atoms with Crippen molar-refractivity contribution in [2.24, 2.45) is 5.73 Å². The lowest BCUT2D eigenvalue weighted by molar-refractivity contribution is -0.108. The van der Waals surface area contributed by atoms with Crippen LogP contribution in [0.4, 0.5) is 4.79 Å². The summed E-state index contributed by atoms with van der Waals surface area (Å²) in [5.74, 6) is 4.88. The topological polar surface area (TPSA) is 105 Å². The number of nitrogens with two attached hydrogens (primary N) is 1. The fourth-order valence-electron chi connectivity index (χ4n) is 0.933. The summed E-state index contributed by atoms with van der Waals surface area (Å²) in [6.07, 6.45) is 1.89. The summed E-state index contributed by atoms with van der Waals surface area (Å²) in [6.45, 7) is 0. The van der Waals surface area contributed by atoms with Gasteiger partial charge in [-0.2, -0.15) is 0 Å². The Hall–Kier alpha value is -2.55. The number of hydrogen-bond acceptors (Lipinski definition) is 3. The third-order valence-corrected chi connectivity index (χ3v) is 1.61. The summed E-state index contributed by atoms with van der Waals surface area (Å²) in [5, 5.41) is 2.10. The molecule has 0 unspecified atom stereocenters. The van der Waals surface area contributed by atoms with Crippen molar-refractivity contribution < 1.29 is 9.59 Å². The highest BCUT2D eigenvalue weighted by atomic mass is 16.2. The second-order valence-corrected chi connectivity index (χ2v) is 2.80. The van der Waals surface area contributed by atoms with Gasteiger partial charge in [-0.25, -0.2) is 4.79 Å². The van der Waals surface area contributed by atoms with Crippen LogP contribution < -0.4 is 16.6 Å². The summed E-state index contributed by atoms with van der Waals surface area (Å²) in [5.41, 5.74) is 4.67. The van der Waals surface area contributed by atoms with E-state index < -0.39 is 12.1 Å². The van der Waals surface area contributed by atoms with Crippen molar-refractivity contribution >= 4 is 12.3 Å². The van der Waals surface area contributed by atoms with Crippen molar-refractivity contribution in [1.29, 1.82) is 0 Å². The molecule has 0 spiro atoms. The van der Waals surface area contributed by atoms with Crippen molar-refractivity contribution in [3.05, 3.63) is 34.2 Å². The summed E-state index contributed by atoms with van der Waals surface area (Å²) in [6, 6.07) is 1.23. The van der Waals surface area contributed by atoms with Gasteiger partial charge >= 0.3 is 6.03 Å². The van der Waals surface area contributed by atoms with Crippen molar-refractivity contribution in [2.45, 2.75) is 6.04 Å². The number of carbonyl (C=O) groups excluding carboxylic acids is 2. The van der Waals surface area contributed by atoms with E-state index in [0.29, 0.717) is 6.29 Å². The molecule has 1 rings (SSSR count). The lowest BCUT2D eigenvalue weighted by atomic mass is 10.2. The Morgan fingerprint density at radius 1 is 1.62 bits per heavy atom. The summed E-state index contributed by atoms with van der Waals surface area (Å²) in [4.78, 5) is 34.6. The molecule has 0 aliphatic carbocycles. The number of H-pyrrole nitrogens is 1.